The second kappa shape index (κ2) is 4.07. The van der Waals surface area contributed by atoms with E-state index in [0.29, 0.717) is 11.3 Å². The summed E-state index contributed by atoms with van der Waals surface area (Å²) in [6.07, 6.45) is 5.32. The molecule has 0 aliphatic heterocycles. The zero-order valence-corrected chi connectivity index (χ0v) is 9.16. The quantitative estimate of drug-likeness (QED) is 0.686. The molecule has 0 aliphatic carbocycles. The van der Waals surface area contributed by atoms with Crippen molar-refractivity contribution in [1.29, 1.82) is 5.26 Å². The van der Waals surface area contributed by atoms with E-state index in [9.17, 15) is 0 Å². The highest BCUT2D eigenvalue weighted by molar-refractivity contribution is 5.42. The molecular weight excluding hydrogens is 186 g/mol. The molecular formula is C13H13NO. The number of benzene rings is 1. The van der Waals surface area contributed by atoms with Crippen LogP contribution < -0.4 is 4.74 Å². The Balaban J connectivity index is 2.97. The predicted octanol–water partition coefficient (Wildman–Crippen LogP) is 2.66. The molecule has 1 rings (SSSR count). The maximum absolute atomic E-state index is 8.76. The number of terminal acetylenes is 1. The molecule has 0 atom stereocenters. The Morgan fingerprint density at radius 3 is 2.53 bits per heavy atom. The van der Waals surface area contributed by atoms with Gasteiger partial charge in [-0.3, -0.25) is 0 Å². The van der Waals surface area contributed by atoms with Crippen molar-refractivity contribution < 1.29 is 4.74 Å². The van der Waals surface area contributed by atoms with Gasteiger partial charge in [0.05, 0.1) is 11.6 Å². The minimum absolute atomic E-state index is 0.624. The first kappa shape index (κ1) is 11.1. The maximum atomic E-state index is 8.76. The van der Waals surface area contributed by atoms with Gasteiger partial charge in [0, 0.05) is 0 Å². The first-order chi connectivity index (χ1) is 6.98. The molecule has 0 spiro atoms. The summed E-state index contributed by atoms with van der Waals surface area (Å²) in [6.45, 7) is 5.51. The lowest BCUT2D eigenvalue weighted by Crippen LogP contribution is -2.25. The van der Waals surface area contributed by atoms with Crippen LogP contribution in [-0.4, -0.2) is 5.60 Å². The summed E-state index contributed by atoms with van der Waals surface area (Å²) in [6, 6.07) is 7.41. The van der Waals surface area contributed by atoms with Gasteiger partial charge in [-0.15, -0.1) is 6.42 Å². The molecule has 76 valence electrons. The van der Waals surface area contributed by atoms with Crippen molar-refractivity contribution in [3.8, 4) is 24.2 Å². The van der Waals surface area contributed by atoms with E-state index in [4.69, 9.17) is 16.4 Å². The Morgan fingerprint density at radius 1 is 1.40 bits per heavy atom. The fourth-order valence-electron chi connectivity index (χ4n) is 1.15. The van der Waals surface area contributed by atoms with Crippen LogP contribution in [0.1, 0.15) is 25.0 Å². The van der Waals surface area contributed by atoms with Crippen LogP contribution in [0.4, 0.5) is 0 Å². The Labute approximate surface area is 90.5 Å². The van der Waals surface area contributed by atoms with Gasteiger partial charge in [-0.1, -0.05) is 5.92 Å². The van der Waals surface area contributed by atoms with Crippen LogP contribution in [0.2, 0.25) is 0 Å². The van der Waals surface area contributed by atoms with E-state index in [1.54, 1.807) is 12.1 Å². The number of nitrogens with zero attached hydrogens (tertiary/aromatic N) is 1. The molecule has 0 bridgehead atoms. The van der Waals surface area contributed by atoms with Crippen molar-refractivity contribution in [2.24, 2.45) is 0 Å². The molecule has 0 N–H and O–H groups in total. The number of rotatable bonds is 2. The topological polar surface area (TPSA) is 33.0 Å². The zero-order chi connectivity index (χ0) is 11.5. The van der Waals surface area contributed by atoms with Gasteiger partial charge in [-0.2, -0.15) is 5.26 Å². The van der Waals surface area contributed by atoms with E-state index >= 15 is 0 Å². The zero-order valence-electron chi connectivity index (χ0n) is 9.16. The lowest BCUT2D eigenvalue weighted by atomic mass is 10.1. The standard InChI is InChI=1S/C13H13NO/c1-5-13(3,4)15-12-7-6-11(9-14)10(2)8-12/h1,6-8H,2-4H3. The molecule has 2 nitrogen and oxygen atoms in total. The summed E-state index contributed by atoms with van der Waals surface area (Å²) in [5.74, 6) is 3.24. The monoisotopic (exact) mass is 199 g/mol. The van der Waals surface area contributed by atoms with Crippen LogP contribution >= 0.6 is 0 Å². The van der Waals surface area contributed by atoms with Gasteiger partial charge < -0.3 is 4.74 Å². The molecule has 0 heterocycles. The van der Waals surface area contributed by atoms with Crippen molar-refractivity contribution in [3.63, 3.8) is 0 Å². The second-order valence-electron chi connectivity index (χ2n) is 3.85. The third kappa shape index (κ3) is 2.76. The lowest BCUT2D eigenvalue weighted by Gasteiger charge is -2.20. The average molecular weight is 199 g/mol. The summed E-state index contributed by atoms with van der Waals surface area (Å²) in [7, 11) is 0. The van der Waals surface area contributed by atoms with Crippen LogP contribution in [-0.2, 0) is 0 Å². The number of ether oxygens (including phenoxy) is 1. The molecule has 0 amide bonds. The number of aryl methyl sites for hydroxylation is 1. The van der Waals surface area contributed by atoms with Gasteiger partial charge in [0.2, 0.25) is 0 Å². The number of hydrogen-bond acceptors (Lipinski definition) is 2. The highest BCUT2D eigenvalue weighted by atomic mass is 16.5. The molecule has 0 aliphatic rings. The molecule has 15 heavy (non-hydrogen) atoms. The smallest absolute Gasteiger partial charge is 0.163 e. The first-order valence-corrected chi connectivity index (χ1v) is 4.66. The highest BCUT2D eigenvalue weighted by Gasteiger charge is 2.15. The fraction of sp³-hybridized carbons (Fsp3) is 0.308. The van der Waals surface area contributed by atoms with Crippen LogP contribution in [0.15, 0.2) is 18.2 Å². The van der Waals surface area contributed by atoms with E-state index < -0.39 is 5.60 Å². The fourth-order valence-corrected chi connectivity index (χ4v) is 1.15. The summed E-state index contributed by atoms with van der Waals surface area (Å²) in [4.78, 5) is 0. The van der Waals surface area contributed by atoms with Crippen LogP contribution in [0.5, 0.6) is 5.75 Å². The number of nitriles is 1. The van der Waals surface area contributed by atoms with Crippen molar-refractivity contribution in [2.75, 3.05) is 0 Å². The molecule has 0 unspecified atom stereocenters. The molecule has 0 saturated carbocycles. The molecule has 0 saturated heterocycles. The largest absolute Gasteiger partial charge is 0.475 e. The Morgan fingerprint density at radius 2 is 2.07 bits per heavy atom. The summed E-state index contributed by atoms with van der Waals surface area (Å²) in [5, 5.41) is 8.76. The van der Waals surface area contributed by atoms with Crippen LogP contribution in [0.25, 0.3) is 0 Å². The molecule has 1 aromatic carbocycles. The normalized spacial score (nSPS) is 10.2. The molecule has 0 radical (unpaired) electrons. The van der Waals surface area contributed by atoms with Gasteiger partial charge in [-0.25, -0.2) is 0 Å². The van der Waals surface area contributed by atoms with Crippen LogP contribution in [0, 0.1) is 30.6 Å². The second-order valence-corrected chi connectivity index (χ2v) is 3.85. The third-order valence-electron chi connectivity index (χ3n) is 2.04. The highest BCUT2D eigenvalue weighted by Crippen LogP contribution is 2.21. The summed E-state index contributed by atoms with van der Waals surface area (Å²) >= 11 is 0. The van der Waals surface area contributed by atoms with E-state index in [0.717, 1.165) is 5.56 Å². The van der Waals surface area contributed by atoms with Gasteiger partial charge in [0.15, 0.2) is 5.60 Å². The minimum Gasteiger partial charge on any atom is -0.475 e. The van der Waals surface area contributed by atoms with Gasteiger partial charge in [-0.05, 0) is 44.5 Å². The summed E-state index contributed by atoms with van der Waals surface area (Å²) < 4.78 is 5.59. The molecule has 1 aromatic rings. The average Bonchev–Trinajstić information content (AvgIpc) is 2.17. The van der Waals surface area contributed by atoms with Gasteiger partial charge >= 0.3 is 0 Å². The first-order valence-electron chi connectivity index (χ1n) is 4.66. The van der Waals surface area contributed by atoms with Gasteiger partial charge in [0.25, 0.3) is 0 Å². The third-order valence-corrected chi connectivity index (χ3v) is 2.04. The van der Waals surface area contributed by atoms with E-state index in [-0.39, 0.29) is 0 Å². The van der Waals surface area contributed by atoms with E-state index in [2.05, 4.69) is 12.0 Å². The predicted molar refractivity (Wildman–Crippen MR) is 59.4 cm³/mol. The Bertz CT molecular complexity index is 447. The maximum Gasteiger partial charge on any atom is 0.163 e. The molecule has 2 heteroatoms. The van der Waals surface area contributed by atoms with Crippen molar-refractivity contribution >= 4 is 0 Å². The van der Waals surface area contributed by atoms with Crippen molar-refractivity contribution in [2.45, 2.75) is 26.4 Å². The number of hydrogen-bond donors (Lipinski definition) is 0. The van der Waals surface area contributed by atoms with E-state index in [1.165, 1.54) is 0 Å². The van der Waals surface area contributed by atoms with Gasteiger partial charge in [0.1, 0.15) is 5.75 Å². The minimum atomic E-state index is -0.624. The Hall–Kier alpha value is -1.93. The molecule has 0 fully saturated rings. The van der Waals surface area contributed by atoms with Crippen LogP contribution in [0.3, 0.4) is 0 Å². The Kier molecular flexibility index (Phi) is 3.02. The summed E-state index contributed by atoms with van der Waals surface area (Å²) in [5.41, 5.74) is 0.921. The van der Waals surface area contributed by atoms with Crippen molar-refractivity contribution in [1.82, 2.24) is 0 Å². The molecule has 0 aromatic heterocycles. The lowest BCUT2D eigenvalue weighted by molar-refractivity contribution is 0.172. The van der Waals surface area contributed by atoms with E-state index in [1.807, 2.05) is 26.8 Å². The SMILES string of the molecule is C#CC(C)(C)Oc1ccc(C#N)c(C)c1. The van der Waals surface area contributed by atoms with Crippen molar-refractivity contribution in [3.05, 3.63) is 29.3 Å².